The number of hydrogen-bond donors (Lipinski definition) is 4. The van der Waals surface area contributed by atoms with Crippen molar-refractivity contribution in [1.82, 2.24) is 10.2 Å². The highest BCUT2D eigenvalue weighted by molar-refractivity contribution is 5.91. The van der Waals surface area contributed by atoms with Crippen molar-refractivity contribution in [3.63, 3.8) is 0 Å². The molecule has 1 atom stereocenters. The van der Waals surface area contributed by atoms with E-state index in [0.29, 0.717) is 19.1 Å². The Labute approximate surface area is 170 Å². The Morgan fingerprint density at radius 2 is 1.72 bits per heavy atom. The number of urea groups is 1. The second kappa shape index (κ2) is 8.16. The number of piperazine rings is 1. The molecule has 4 rings (SSSR count). The first-order chi connectivity index (χ1) is 14.0. The van der Waals surface area contributed by atoms with Crippen LogP contribution >= 0.6 is 0 Å². The average molecular weight is 398 g/mol. The second-order valence-corrected chi connectivity index (χ2v) is 7.68. The SMILES string of the molecule is CC(C)NC1Nc2ccc(NC(=O)N3CCN(c4ccc(F)cc4)CC3)cc2N1. The fourth-order valence-corrected chi connectivity index (χ4v) is 3.65. The van der Waals surface area contributed by atoms with E-state index in [1.165, 1.54) is 12.1 Å². The number of halogens is 1. The smallest absolute Gasteiger partial charge is 0.321 e. The summed E-state index contributed by atoms with van der Waals surface area (Å²) >= 11 is 0. The van der Waals surface area contributed by atoms with E-state index in [4.69, 9.17) is 0 Å². The number of anilines is 4. The molecule has 0 spiro atoms. The van der Waals surface area contributed by atoms with E-state index in [1.54, 1.807) is 12.1 Å². The maximum Gasteiger partial charge on any atom is 0.321 e. The van der Waals surface area contributed by atoms with Crippen molar-refractivity contribution in [2.75, 3.05) is 47.0 Å². The Kier molecular flexibility index (Phi) is 5.44. The van der Waals surface area contributed by atoms with Gasteiger partial charge in [-0.1, -0.05) is 0 Å². The van der Waals surface area contributed by atoms with E-state index in [0.717, 1.165) is 35.8 Å². The minimum atomic E-state index is -0.239. The molecule has 2 heterocycles. The van der Waals surface area contributed by atoms with E-state index in [9.17, 15) is 9.18 Å². The van der Waals surface area contributed by atoms with Gasteiger partial charge in [0.25, 0.3) is 0 Å². The molecule has 1 unspecified atom stereocenters. The van der Waals surface area contributed by atoms with Crippen molar-refractivity contribution in [2.45, 2.75) is 26.2 Å². The molecule has 0 bridgehead atoms. The van der Waals surface area contributed by atoms with Crippen LogP contribution in [0.15, 0.2) is 42.5 Å². The molecule has 2 aliphatic rings. The van der Waals surface area contributed by atoms with E-state index >= 15 is 0 Å². The number of hydrogen-bond acceptors (Lipinski definition) is 5. The summed E-state index contributed by atoms with van der Waals surface area (Å²) in [4.78, 5) is 16.6. The van der Waals surface area contributed by atoms with Crippen LogP contribution in [0.25, 0.3) is 0 Å². The summed E-state index contributed by atoms with van der Waals surface area (Å²) in [7, 11) is 0. The predicted octanol–water partition coefficient (Wildman–Crippen LogP) is 3.30. The quantitative estimate of drug-likeness (QED) is 0.636. The largest absolute Gasteiger partial charge is 0.368 e. The Bertz CT molecular complexity index is 864. The number of amides is 2. The lowest BCUT2D eigenvalue weighted by atomic mass is 10.2. The zero-order valence-corrected chi connectivity index (χ0v) is 16.7. The molecule has 0 aromatic heterocycles. The molecule has 0 radical (unpaired) electrons. The van der Waals surface area contributed by atoms with Crippen LogP contribution in [0.2, 0.25) is 0 Å². The first-order valence-corrected chi connectivity index (χ1v) is 9.97. The minimum Gasteiger partial charge on any atom is -0.368 e. The molecular formula is C21H27FN6O. The normalized spacial score (nSPS) is 18.3. The molecule has 4 N–H and O–H groups in total. The van der Waals surface area contributed by atoms with Gasteiger partial charge in [0.15, 0.2) is 6.29 Å². The summed E-state index contributed by atoms with van der Waals surface area (Å²) in [6.07, 6.45) is -0.0181. The second-order valence-electron chi connectivity index (χ2n) is 7.68. The molecule has 2 aromatic carbocycles. The van der Waals surface area contributed by atoms with Crippen LogP contribution in [0, 0.1) is 5.82 Å². The van der Waals surface area contributed by atoms with Crippen LogP contribution in [-0.2, 0) is 0 Å². The summed E-state index contributed by atoms with van der Waals surface area (Å²) in [5.41, 5.74) is 3.71. The van der Waals surface area contributed by atoms with Crippen LogP contribution < -0.4 is 26.2 Å². The molecule has 2 amide bonds. The summed E-state index contributed by atoms with van der Waals surface area (Å²) in [5, 5.41) is 13.1. The predicted molar refractivity (Wildman–Crippen MR) is 115 cm³/mol. The molecule has 8 heteroatoms. The molecule has 29 heavy (non-hydrogen) atoms. The molecule has 0 saturated carbocycles. The molecule has 0 aliphatic carbocycles. The van der Waals surface area contributed by atoms with Gasteiger partial charge in [0, 0.05) is 43.6 Å². The van der Waals surface area contributed by atoms with Crippen molar-refractivity contribution in [2.24, 2.45) is 0 Å². The zero-order valence-electron chi connectivity index (χ0n) is 16.7. The lowest BCUT2D eigenvalue weighted by molar-refractivity contribution is 0.208. The Morgan fingerprint density at radius 3 is 2.41 bits per heavy atom. The standard InChI is InChI=1S/C21H27FN6O/c1-14(2)23-20-25-18-8-5-16(13-19(18)26-20)24-21(29)28-11-9-27(10-12-28)17-6-3-15(22)4-7-17/h3-8,13-14,20,23,25-26H,9-12H2,1-2H3,(H,24,29). The van der Waals surface area contributed by atoms with Gasteiger partial charge in [-0.05, 0) is 56.3 Å². The molecule has 7 nitrogen and oxygen atoms in total. The molecule has 2 aliphatic heterocycles. The van der Waals surface area contributed by atoms with Gasteiger partial charge >= 0.3 is 6.03 Å². The average Bonchev–Trinajstić information content (AvgIpc) is 3.09. The lowest BCUT2D eigenvalue weighted by Gasteiger charge is -2.36. The van der Waals surface area contributed by atoms with Gasteiger partial charge in [-0.2, -0.15) is 0 Å². The number of nitrogens with one attached hydrogen (secondary N) is 4. The Morgan fingerprint density at radius 1 is 1.03 bits per heavy atom. The van der Waals surface area contributed by atoms with Gasteiger partial charge in [0.1, 0.15) is 5.82 Å². The third-order valence-corrected chi connectivity index (χ3v) is 5.13. The lowest BCUT2D eigenvalue weighted by Crippen LogP contribution is -2.50. The minimum absolute atomic E-state index is 0.0181. The van der Waals surface area contributed by atoms with Crippen LogP contribution in [0.3, 0.4) is 0 Å². The van der Waals surface area contributed by atoms with Gasteiger partial charge in [-0.3, -0.25) is 5.32 Å². The zero-order chi connectivity index (χ0) is 20.4. The maximum atomic E-state index is 13.1. The fraction of sp³-hybridized carbons (Fsp3) is 0.381. The van der Waals surface area contributed by atoms with Crippen molar-refractivity contribution in [3.05, 3.63) is 48.3 Å². The summed E-state index contributed by atoms with van der Waals surface area (Å²) in [6.45, 7) is 6.86. The monoisotopic (exact) mass is 398 g/mol. The van der Waals surface area contributed by atoms with Crippen LogP contribution in [0.1, 0.15) is 13.8 Å². The summed E-state index contributed by atoms with van der Waals surface area (Å²) in [5.74, 6) is -0.239. The van der Waals surface area contributed by atoms with Crippen LogP contribution in [0.5, 0.6) is 0 Å². The van der Waals surface area contributed by atoms with Gasteiger partial charge in [-0.25, -0.2) is 9.18 Å². The van der Waals surface area contributed by atoms with Gasteiger partial charge in [-0.15, -0.1) is 0 Å². The third kappa shape index (κ3) is 4.54. The van der Waals surface area contributed by atoms with Gasteiger partial charge < -0.3 is 25.8 Å². The van der Waals surface area contributed by atoms with Crippen LogP contribution in [-0.4, -0.2) is 49.4 Å². The number of carbonyl (C=O) groups excluding carboxylic acids is 1. The number of rotatable bonds is 4. The molecule has 2 aromatic rings. The number of fused-ring (bicyclic) bond motifs is 1. The Hall–Kier alpha value is -3.00. The number of carbonyl (C=O) groups is 1. The highest BCUT2D eigenvalue weighted by Gasteiger charge is 2.23. The number of benzene rings is 2. The maximum absolute atomic E-state index is 13.1. The molecular weight excluding hydrogens is 371 g/mol. The van der Waals surface area contributed by atoms with E-state index < -0.39 is 0 Å². The van der Waals surface area contributed by atoms with Crippen molar-refractivity contribution < 1.29 is 9.18 Å². The summed E-state index contributed by atoms with van der Waals surface area (Å²) < 4.78 is 13.1. The third-order valence-electron chi connectivity index (χ3n) is 5.13. The van der Waals surface area contributed by atoms with Gasteiger partial charge in [0.2, 0.25) is 0 Å². The van der Waals surface area contributed by atoms with Crippen molar-refractivity contribution in [1.29, 1.82) is 0 Å². The Balaban J connectivity index is 1.31. The van der Waals surface area contributed by atoms with E-state index in [1.807, 2.05) is 23.1 Å². The van der Waals surface area contributed by atoms with E-state index in [-0.39, 0.29) is 18.1 Å². The van der Waals surface area contributed by atoms with E-state index in [2.05, 4.69) is 40.0 Å². The number of nitrogens with zero attached hydrogens (tertiary/aromatic N) is 2. The summed E-state index contributed by atoms with van der Waals surface area (Å²) in [6, 6.07) is 12.5. The van der Waals surface area contributed by atoms with Crippen LogP contribution in [0.4, 0.5) is 31.9 Å². The molecule has 154 valence electrons. The fourth-order valence-electron chi connectivity index (χ4n) is 3.65. The first-order valence-electron chi connectivity index (χ1n) is 9.97. The highest BCUT2D eigenvalue weighted by Crippen LogP contribution is 2.31. The molecule has 1 saturated heterocycles. The first kappa shape index (κ1) is 19.3. The van der Waals surface area contributed by atoms with Crippen molar-refractivity contribution in [3.8, 4) is 0 Å². The van der Waals surface area contributed by atoms with Crippen molar-refractivity contribution >= 4 is 28.8 Å². The van der Waals surface area contributed by atoms with Gasteiger partial charge in [0.05, 0.1) is 11.4 Å². The molecule has 1 fully saturated rings. The topological polar surface area (TPSA) is 71.7 Å². The highest BCUT2D eigenvalue weighted by atomic mass is 19.1.